The van der Waals surface area contributed by atoms with E-state index in [2.05, 4.69) is 56.3 Å². The normalized spacial score (nSPS) is 11.2. The molecule has 5 heteroatoms. The first-order valence-corrected chi connectivity index (χ1v) is 6.86. The van der Waals surface area contributed by atoms with Gasteiger partial charge in [0.1, 0.15) is 0 Å². The molecule has 0 atom stereocenters. The van der Waals surface area contributed by atoms with Crippen molar-refractivity contribution in [3.05, 3.63) is 48.0 Å². The maximum absolute atomic E-state index is 8.74. The topological polar surface area (TPSA) is 74.6 Å². The summed E-state index contributed by atoms with van der Waals surface area (Å²) < 4.78 is 31.6. The highest BCUT2D eigenvalue weighted by Crippen LogP contribution is 2.24. The van der Waals surface area contributed by atoms with Gasteiger partial charge >= 0.3 is 10.4 Å². The summed E-state index contributed by atoms with van der Waals surface area (Å²) in [5.74, 6) is 0.603. The Labute approximate surface area is 107 Å². The van der Waals surface area contributed by atoms with Crippen molar-refractivity contribution in [1.82, 2.24) is 0 Å². The molecular weight excluding hydrogens is 252 g/mol. The Balaban J connectivity index is 0.000000280. The lowest BCUT2D eigenvalue weighted by atomic mass is 9.96. The van der Waals surface area contributed by atoms with Crippen molar-refractivity contribution in [2.45, 2.75) is 19.8 Å². The van der Waals surface area contributed by atoms with E-state index in [0.29, 0.717) is 5.92 Å². The summed E-state index contributed by atoms with van der Waals surface area (Å²) in [6.07, 6.45) is 0. The van der Waals surface area contributed by atoms with Gasteiger partial charge < -0.3 is 0 Å². The lowest BCUT2D eigenvalue weighted by molar-refractivity contribution is 0.381. The molecule has 0 aromatic heterocycles. The Morgan fingerprint density at radius 3 is 2.00 bits per heavy atom. The zero-order valence-electron chi connectivity index (χ0n) is 10.2. The molecule has 0 fully saturated rings. The summed E-state index contributed by atoms with van der Waals surface area (Å²) in [4.78, 5) is 0. The van der Waals surface area contributed by atoms with E-state index in [1.807, 2.05) is 0 Å². The number of benzene rings is 2. The largest absolute Gasteiger partial charge is 0.394 e. The molecule has 0 aliphatic heterocycles. The van der Waals surface area contributed by atoms with E-state index in [-0.39, 0.29) is 0 Å². The van der Waals surface area contributed by atoms with Gasteiger partial charge in [-0.15, -0.1) is 0 Å². The molecule has 2 aromatic carbocycles. The second-order valence-electron chi connectivity index (χ2n) is 4.17. The molecule has 4 nitrogen and oxygen atoms in total. The maximum atomic E-state index is 8.74. The molecule has 98 valence electrons. The van der Waals surface area contributed by atoms with Gasteiger partial charge in [-0.25, -0.2) is 0 Å². The third-order valence-electron chi connectivity index (χ3n) is 2.45. The van der Waals surface area contributed by atoms with Crippen LogP contribution in [0.3, 0.4) is 0 Å². The SMILES string of the molecule is CC(C)c1cccc2ccccc12.O=S(=O)(O)O. The third kappa shape index (κ3) is 4.83. The van der Waals surface area contributed by atoms with Gasteiger partial charge in [0.15, 0.2) is 0 Å². The monoisotopic (exact) mass is 268 g/mol. The lowest BCUT2D eigenvalue weighted by Crippen LogP contribution is -1.89. The van der Waals surface area contributed by atoms with Crippen LogP contribution in [0.25, 0.3) is 10.8 Å². The average molecular weight is 268 g/mol. The number of fused-ring (bicyclic) bond motifs is 1. The van der Waals surface area contributed by atoms with E-state index in [0.717, 1.165) is 0 Å². The summed E-state index contributed by atoms with van der Waals surface area (Å²) in [5.41, 5.74) is 1.44. The van der Waals surface area contributed by atoms with E-state index in [1.54, 1.807) is 0 Å². The highest BCUT2D eigenvalue weighted by Gasteiger charge is 2.02. The van der Waals surface area contributed by atoms with Crippen molar-refractivity contribution >= 4 is 21.2 Å². The minimum absolute atomic E-state index is 0.603. The van der Waals surface area contributed by atoms with Gasteiger partial charge in [0.25, 0.3) is 0 Å². The van der Waals surface area contributed by atoms with Crippen LogP contribution in [0.1, 0.15) is 25.3 Å². The first-order valence-electron chi connectivity index (χ1n) is 5.46. The number of hydrogen-bond donors (Lipinski definition) is 2. The minimum atomic E-state index is -4.67. The lowest BCUT2D eigenvalue weighted by Gasteiger charge is -2.08. The van der Waals surface area contributed by atoms with Gasteiger partial charge in [0, 0.05) is 0 Å². The van der Waals surface area contributed by atoms with Crippen LogP contribution in [0.2, 0.25) is 0 Å². The molecule has 2 aromatic rings. The van der Waals surface area contributed by atoms with Crippen molar-refractivity contribution in [3.63, 3.8) is 0 Å². The minimum Gasteiger partial charge on any atom is -0.264 e. The van der Waals surface area contributed by atoms with Crippen LogP contribution < -0.4 is 0 Å². The molecule has 2 N–H and O–H groups in total. The van der Waals surface area contributed by atoms with Crippen LogP contribution >= 0.6 is 0 Å². The predicted octanol–water partition coefficient (Wildman–Crippen LogP) is 3.31. The fraction of sp³-hybridized carbons (Fsp3) is 0.231. The van der Waals surface area contributed by atoms with Gasteiger partial charge in [-0.1, -0.05) is 56.3 Å². The Morgan fingerprint density at radius 1 is 0.944 bits per heavy atom. The zero-order valence-corrected chi connectivity index (χ0v) is 11.1. The van der Waals surface area contributed by atoms with Gasteiger partial charge in [0.05, 0.1) is 0 Å². The molecule has 0 radical (unpaired) electrons. The van der Waals surface area contributed by atoms with Gasteiger partial charge in [0.2, 0.25) is 0 Å². The van der Waals surface area contributed by atoms with E-state index in [1.165, 1.54) is 16.3 Å². The predicted molar refractivity (Wildman–Crippen MR) is 72.2 cm³/mol. The Hall–Kier alpha value is -1.43. The fourth-order valence-electron chi connectivity index (χ4n) is 1.75. The third-order valence-corrected chi connectivity index (χ3v) is 2.45. The first-order chi connectivity index (χ1) is 8.29. The fourth-order valence-corrected chi connectivity index (χ4v) is 1.75. The summed E-state index contributed by atoms with van der Waals surface area (Å²) in [6, 6.07) is 15.1. The zero-order chi connectivity index (χ0) is 13.8. The van der Waals surface area contributed by atoms with Crippen LogP contribution in [0.4, 0.5) is 0 Å². The van der Waals surface area contributed by atoms with Gasteiger partial charge in [-0.3, -0.25) is 9.11 Å². The Morgan fingerprint density at radius 2 is 1.44 bits per heavy atom. The highest BCUT2D eigenvalue weighted by molar-refractivity contribution is 7.79. The maximum Gasteiger partial charge on any atom is 0.394 e. The van der Waals surface area contributed by atoms with Gasteiger partial charge in [-0.05, 0) is 22.3 Å². The van der Waals surface area contributed by atoms with Crippen LogP contribution in [0.15, 0.2) is 42.5 Å². The van der Waals surface area contributed by atoms with E-state index in [4.69, 9.17) is 17.5 Å². The molecule has 0 saturated heterocycles. The molecule has 0 heterocycles. The Kier molecular flexibility index (Phi) is 4.84. The number of rotatable bonds is 1. The molecule has 0 bridgehead atoms. The smallest absolute Gasteiger partial charge is 0.264 e. The van der Waals surface area contributed by atoms with Crippen molar-refractivity contribution in [2.24, 2.45) is 0 Å². The molecular formula is C13H16O4S. The summed E-state index contributed by atoms with van der Waals surface area (Å²) in [6.45, 7) is 4.48. The molecule has 0 aliphatic carbocycles. The Bertz CT molecular complexity index is 604. The van der Waals surface area contributed by atoms with Crippen LogP contribution in [0, 0.1) is 0 Å². The van der Waals surface area contributed by atoms with Crippen LogP contribution in [0.5, 0.6) is 0 Å². The van der Waals surface area contributed by atoms with Crippen molar-refractivity contribution < 1.29 is 17.5 Å². The molecule has 2 rings (SSSR count). The van der Waals surface area contributed by atoms with Crippen molar-refractivity contribution in [2.75, 3.05) is 0 Å². The molecule has 0 saturated carbocycles. The molecule has 0 spiro atoms. The van der Waals surface area contributed by atoms with E-state index in [9.17, 15) is 0 Å². The van der Waals surface area contributed by atoms with Crippen molar-refractivity contribution in [3.8, 4) is 0 Å². The molecule has 18 heavy (non-hydrogen) atoms. The van der Waals surface area contributed by atoms with Gasteiger partial charge in [-0.2, -0.15) is 8.42 Å². The average Bonchev–Trinajstić information content (AvgIpc) is 2.26. The second-order valence-corrected chi connectivity index (χ2v) is 5.07. The van der Waals surface area contributed by atoms with Crippen LogP contribution in [-0.2, 0) is 10.4 Å². The second kappa shape index (κ2) is 5.95. The standard InChI is InChI=1S/C13H14.H2O4S/c1-10(2)12-9-5-7-11-6-3-4-8-13(11)12;1-5(2,3)4/h3-10H,1-2H3;(H2,1,2,3,4). The summed E-state index contributed by atoms with van der Waals surface area (Å²) in [5, 5.41) is 2.73. The van der Waals surface area contributed by atoms with E-state index >= 15 is 0 Å². The summed E-state index contributed by atoms with van der Waals surface area (Å²) >= 11 is 0. The highest BCUT2D eigenvalue weighted by atomic mass is 32.3. The van der Waals surface area contributed by atoms with E-state index < -0.39 is 10.4 Å². The van der Waals surface area contributed by atoms with Crippen molar-refractivity contribution in [1.29, 1.82) is 0 Å². The molecule has 0 aliphatic rings. The molecule has 0 amide bonds. The molecule has 0 unspecified atom stereocenters. The quantitative estimate of drug-likeness (QED) is 0.778. The van der Waals surface area contributed by atoms with Crippen LogP contribution in [-0.4, -0.2) is 17.5 Å². The number of hydrogen-bond acceptors (Lipinski definition) is 2. The summed E-state index contributed by atoms with van der Waals surface area (Å²) in [7, 11) is -4.67. The first kappa shape index (κ1) is 14.6.